The van der Waals surface area contributed by atoms with E-state index in [0.29, 0.717) is 19.8 Å². The molecule has 7 atom stereocenters. The van der Waals surface area contributed by atoms with Crippen LogP contribution in [0.25, 0.3) is 0 Å². The minimum Gasteiger partial charge on any atom is -0.439 e. The van der Waals surface area contributed by atoms with Crippen molar-refractivity contribution in [3.8, 4) is 0 Å². The Kier molecular flexibility index (Phi) is 7.71. The molecule has 0 N–H and O–H groups in total. The standard InChI is InChI=1S/C33H35NO6/c1-3-20-37-31-29-28(39-29)30(33(31,38-4-2)22-36-21-23-14-8-5-9-15-23)34-26(24-16-10-6-11-17-24)27(40-32(34)35)25-18-12-7-13-19-25/h3,5-19,26-31H,1,4,20-22H2,2H3/t26-,27+,28+,29-,30-,31+,33+/m1/s1. The molecule has 6 rings (SSSR count). The number of hydrogen-bond acceptors (Lipinski definition) is 6. The fourth-order valence-electron chi connectivity index (χ4n) is 6.37. The van der Waals surface area contributed by atoms with Gasteiger partial charge in [-0.25, -0.2) is 4.79 Å². The second kappa shape index (κ2) is 11.6. The first kappa shape index (κ1) is 26.7. The lowest BCUT2D eigenvalue weighted by Crippen LogP contribution is -2.63. The maximum absolute atomic E-state index is 13.9. The molecule has 1 amide bonds. The Labute approximate surface area is 235 Å². The zero-order chi connectivity index (χ0) is 27.5. The number of rotatable bonds is 12. The van der Waals surface area contributed by atoms with Gasteiger partial charge in [-0.1, -0.05) is 97.1 Å². The SMILES string of the molecule is C=CCO[C@H]1[C@@H]2O[C@@H]2[C@@H](N2C(=O)O[C@@H](c3ccccc3)[C@H]2c2ccccc2)[C@]1(COCc1ccccc1)OCC. The summed E-state index contributed by atoms with van der Waals surface area (Å²) >= 11 is 0. The number of carbonyl (C=O) groups is 1. The molecule has 3 aromatic rings. The summed E-state index contributed by atoms with van der Waals surface area (Å²) in [5.41, 5.74) is 1.99. The summed E-state index contributed by atoms with van der Waals surface area (Å²) in [7, 11) is 0. The molecule has 0 unspecified atom stereocenters. The van der Waals surface area contributed by atoms with E-state index in [4.69, 9.17) is 23.7 Å². The first-order valence-corrected chi connectivity index (χ1v) is 13.9. The van der Waals surface area contributed by atoms with Gasteiger partial charge >= 0.3 is 6.09 Å². The number of nitrogens with zero attached hydrogens (tertiary/aromatic N) is 1. The molecule has 7 nitrogen and oxygen atoms in total. The Bertz CT molecular complexity index is 1290. The number of benzene rings is 3. The number of amides is 1. The van der Waals surface area contributed by atoms with Crippen molar-refractivity contribution in [3.63, 3.8) is 0 Å². The van der Waals surface area contributed by atoms with Crippen LogP contribution in [0, 0.1) is 0 Å². The van der Waals surface area contributed by atoms with Gasteiger partial charge in [-0.15, -0.1) is 6.58 Å². The van der Waals surface area contributed by atoms with E-state index in [2.05, 4.69) is 6.58 Å². The van der Waals surface area contributed by atoms with Crippen LogP contribution in [0.2, 0.25) is 0 Å². The zero-order valence-corrected chi connectivity index (χ0v) is 22.6. The Morgan fingerprint density at radius 3 is 2.23 bits per heavy atom. The molecule has 0 radical (unpaired) electrons. The number of fused-ring (bicyclic) bond motifs is 1. The van der Waals surface area contributed by atoms with Gasteiger partial charge < -0.3 is 23.7 Å². The van der Waals surface area contributed by atoms with Crippen LogP contribution in [0.1, 0.15) is 35.8 Å². The minimum atomic E-state index is -0.974. The number of hydrogen-bond donors (Lipinski definition) is 0. The van der Waals surface area contributed by atoms with Crippen molar-refractivity contribution in [2.45, 2.75) is 55.6 Å². The van der Waals surface area contributed by atoms with Crippen LogP contribution in [-0.4, -0.2) is 60.8 Å². The summed E-state index contributed by atoms with van der Waals surface area (Å²) in [6, 6.07) is 29.0. The molecule has 3 aromatic carbocycles. The van der Waals surface area contributed by atoms with Gasteiger partial charge in [0.1, 0.15) is 30.0 Å². The Morgan fingerprint density at radius 1 is 0.925 bits per heavy atom. The predicted molar refractivity (Wildman–Crippen MR) is 150 cm³/mol. The second-order valence-electron chi connectivity index (χ2n) is 10.4. The van der Waals surface area contributed by atoms with Gasteiger partial charge in [-0.05, 0) is 23.6 Å². The number of cyclic esters (lactones) is 1. The predicted octanol–water partition coefficient (Wildman–Crippen LogP) is 5.63. The van der Waals surface area contributed by atoms with Crippen molar-refractivity contribution >= 4 is 6.09 Å². The average Bonchev–Trinajstić information content (AvgIpc) is 3.62. The minimum absolute atomic E-state index is 0.222. The Hall–Kier alpha value is -3.49. The lowest BCUT2D eigenvalue weighted by atomic mass is 9.89. The van der Waals surface area contributed by atoms with Gasteiger partial charge in [-0.2, -0.15) is 0 Å². The molecule has 0 spiro atoms. The molecule has 3 fully saturated rings. The molecule has 3 aliphatic rings. The highest BCUT2D eigenvalue weighted by atomic mass is 16.7. The normalized spacial score (nSPS) is 30.6. The first-order chi connectivity index (χ1) is 19.7. The van der Waals surface area contributed by atoms with E-state index < -0.39 is 36.0 Å². The number of epoxide rings is 1. The fraction of sp³-hybridized carbons (Fsp3) is 0.364. The van der Waals surface area contributed by atoms with E-state index in [1.54, 1.807) is 6.08 Å². The van der Waals surface area contributed by atoms with E-state index in [-0.39, 0.29) is 18.8 Å². The molecule has 1 aliphatic carbocycles. The highest BCUT2D eigenvalue weighted by Gasteiger charge is 2.75. The summed E-state index contributed by atoms with van der Waals surface area (Å²) in [6.07, 6.45) is -0.123. The molecular formula is C33H35NO6. The summed E-state index contributed by atoms with van der Waals surface area (Å²) in [4.78, 5) is 15.7. The zero-order valence-electron chi connectivity index (χ0n) is 22.6. The summed E-state index contributed by atoms with van der Waals surface area (Å²) in [5.74, 6) is 0. The molecule has 1 saturated carbocycles. The van der Waals surface area contributed by atoms with E-state index in [0.717, 1.165) is 16.7 Å². The van der Waals surface area contributed by atoms with Crippen LogP contribution in [0.15, 0.2) is 104 Å². The largest absolute Gasteiger partial charge is 0.439 e. The summed E-state index contributed by atoms with van der Waals surface area (Å²) in [5, 5.41) is 0. The maximum Gasteiger partial charge on any atom is 0.411 e. The van der Waals surface area contributed by atoms with Crippen molar-refractivity contribution in [1.82, 2.24) is 4.90 Å². The molecule has 208 valence electrons. The van der Waals surface area contributed by atoms with Crippen LogP contribution in [-0.2, 0) is 30.3 Å². The third kappa shape index (κ3) is 4.84. The van der Waals surface area contributed by atoms with Crippen molar-refractivity contribution in [3.05, 3.63) is 120 Å². The molecule has 2 heterocycles. The van der Waals surface area contributed by atoms with Crippen LogP contribution < -0.4 is 0 Å². The summed E-state index contributed by atoms with van der Waals surface area (Å²) < 4.78 is 31.6. The highest BCUT2D eigenvalue weighted by Crippen LogP contribution is 2.56. The quantitative estimate of drug-likeness (QED) is 0.219. The van der Waals surface area contributed by atoms with Gasteiger partial charge in [0.25, 0.3) is 0 Å². The van der Waals surface area contributed by atoms with Gasteiger partial charge in [0, 0.05) is 6.61 Å². The molecule has 0 aromatic heterocycles. The second-order valence-corrected chi connectivity index (χ2v) is 10.4. The van der Waals surface area contributed by atoms with Gasteiger partial charge in [-0.3, -0.25) is 4.90 Å². The lowest BCUT2D eigenvalue weighted by Gasteiger charge is -2.45. The molecular weight excluding hydrogens is 506 g/mol. The van der Waals surface area contributed by atoms with E-state index in [1.807, 2.05) is 103 Å². The monoisotopic (exact) mass is 541 g/mol. The molecule has 40 heavy (non-hydrogen) atoms. The van der Waals surface area contributed by atoms with Crippen molar-refractivity contribution < 1.29 is 28.5 Å². The van der Waals surface area contributed by atoms with E-state index in [9.17, 15) is 4.79 Å². The van der Waals surface area contributed by atoms with Gasteiger partial charge in [0.2, 0.25) is 0 Å². The number of ether oxygens (including phenoxy) is 5. The molecule has 2 aliphatic heterocycles. The fourth-order valence-corrected chi connectivity index (χ4v) is 6.37. The van der Waals surface area contributed by atoms with Crippen LogP contribution >= 0.6 is 0 Å². The van der Waals surface area contributed by atoms with Crippen molar-refractivity contribution in [2.24, 2.45) is 0 Å². The van der Waals surface area contributed by atoms with Crippen LogP contribution in [0.4, 0.5) is 4.79 Å². The van der Waals surface area contributed by atoms with E-state index >= 15 is 0 Å². The number of carbonyl (C=O) groups excluding carboxylic acids is 1. The summed E-state index contributed by atoms with van der Waals surface area (Å²) in [6.45, 7) is 7.17. The lowest BCUT2D eigenvalue weighted by molar-refractivity contribution is -0.202. The van der Waals surface area contributed by atoms with Crippen molar-refractivity contribution in [1.29, 1.82) is 0 Å². The third-order valence-electron chi connectivity index (χ3n) is 7.99. The smallest absolute Gasteiger partial charge is 0.411 e. The van der Waals surface area contributed by atoms with Crippen LogP contribution in [0.3, 0.4) is 0 Å². The van der Waals surface area contributed by atoms with Gasteiger partial charge in [0.15, 0.2) is 6.10 Å². The van der Waals surface area contributed by atoms with Crippen LogP contribution in [0.5, 0.6) is 0 Å². The van der Waals surface area contributed by atoms with Crippen molar-refractivity contribution in [2.75, 3.05) is 19.8 Å². The third-order valence-corrected chi connectivity index (χ3v) is 7.99. The highest BCUT2D eigenvalue weighted by molar-refractivity contribution is 5.73. The molecule has 2 saturated heterocycles. The average molecular weight is 542 g/mol. The Balaban J connectivity index is 1.40. The molecule has 0 bridgehead atoms. The topological polar surface area (TPSA) is 69.8 Å². The first-order valence-electron chi connectivity index (χ1n) is 13.9. The molecule has 7 heteroatoms. The van der Waals surface area contributed by atoms with Gasteiger partial charge in [0.05, 0.1) is 25.9 Å². The Morgan fingerprint density at radius 2 is 1.57 bits per heavy atom. The maximum atomic E-state index is 13.9. The van der Waals surface area contributed by atoms with E-state index in [1.165, 1.54) is 0 Å².